The Kier molecular flexibility index (Phi) is 1.57. The molecule has 0 saturated carbocycles. The molecule has 3 rings (SSSR count). The highest BCUT2D eigenvalue weighted by Gasteiger charge is 2.18. The summed E-state index contributed by atoms with van der Waals surface area (Å²) in [5.41, 5.74) is 1.46. The van der Waals surface area contributed by atoms with Crippen LogP contribution in [0.25, 0.3) is 11.0 Å². The van der Waals surface area contributed by atoms with Crippen LogP contribution in [0.3, 0.4) is 0 Å². The number of hydrogen-bond donors (Lipinski definition) is 0. The van der Waals surface area contributed by atoms with Gasteiger partial charge < -0.3 is 4.42 Å². The van der Waals surface area contributed by atoms with Crippen molar-refractivity contribution >= 4 is 11.0 Å². The maximum Gasteiger partial charge on any atom is 0.232 e. The molecule has 15 heavy (non-hydrogen) atoms. The van der Waals surface area contributed by atoms with Gasteiger partial charge in [0.25, 0.3) is 0 Å². The van der Waals surface area contributed by atoms with Gasteiger partial charge in [-0.2, -0.15) is 0 Å². The Morgan fingerprint density at radius 1 is 1.20 bits per heavy atom. The number of furan rings is 1. The predicted molar refractivity (Wildman–Crippen MR) is 54.1 cm³/mol. The lowest BCUT2D eigenvalue weighted by Gasteiger charge is -1.97. The van der Waals surface area contributed by atoms with Gasteiger partial charge in [0, 0.05) is 6.42 Å². The first-order chi connectivity index (χ1) is 7.24. The minimum Gasteiger partial charge on any atom is -0.456 e. The van der Waals surface area contributed by atoms with Gasteiger partial charge in [0.1, 0.15) is 11.6 Å². The highest BCUT2D eigenvalue weighted by molar-refractivity contribution is 5.92. The van der Waals surface area contributed by atoms with Crippen molar-refractivity contribution in [1.29, 1.82) is 0 Å². The first-order valence-corrected chi connectivity index (χ1v) is 4.66. The molecule has 0 atom stereocenters. The van der Waals surface area contributed by atoms with Crippen molar-refractivity contribution in [3.63, 3.8) is 0 Å². The van der Waals surface area contributed by atoms with Crippen LogP contribution in [0, 0.1) is 5.82 Å². The third kappa shape index (κ3) is 1.36. The third-order valence-corrected chi connectivity index (χ3v) is 2.46. The maximum atomic E-state index is 12.6. The molecule has 1 aromatic heterocycles. The van der Waals surface area contributed by atoms with Crippen LogP contribution < -0.4 is 5.43 Å². The number of rotatable bonds is 2. The lowest BCUT2D eigenvalue weighted by molar-refractivity contribution is 0.563. The summed E-state index contributed by atoms with van der Waals surface area (Å²) < 4.78 is 17.9. The standard InChI is InChI=1S/C12H7FO2/c13-8-3-1-7(2-4-8)5-9-6-10-11(14)12(10)15-9/h1-4,6H,5H2. The Balaban J connectivity index is 1.85. The Labute approximate surface area is 84.6 Å². The van der Waals surface area contributed by atoms with Gasteiger partial charge >= 0.3 is 0 Å². The minimum absolute atomic E-state index is 0.0119. The lowest BCUT2D eigenvalue weighted by Crippen LogP contribution is -1.87. The monoisotopic (exact) mass is 202 g/mol. The second-order valence-corrected chi connectivity index (χ2v) is 3.59. The molecule has 0 aliphatic heterocycles. The molecule has 3 aromatic rings. The summed E-state index contributed by atoms with van der Waals surface area (Å²) >= 11 is 0. The van der Waals surface area contributed by atoms with Gasteiger partial charge in [-0.15, -0.1) is 0 Å². The number of benzene rings is 1. The number of fused-ring (bicyclic) bond motifs is 1. The van der Waals surface area contributed by atoms with E-state index in [1.54, 1.807) is 18.2 Å². The fourth-order valence-corrected chi connectivity index (χ4v) is 1.61. The van der Waals surface area contributed by atoms with E-state index < -0.39 is 0 Å². The second kappa shape index (κ2) is 2.79. The molecule has 0 fully saturated rings. The second-order valence-electron chi connectivity index (χ2n) is 3.59. The van der Waals surface area contributed by atoms with E-state index in [-0.39, 0.29) is 11.2 Å². The van der Waals surface area contributed by atoms with Crippen molar-refractivity contribution in [3.05, 3.63) is 57.7 Å². The molecule has 0 saturated heterocycles. The summed E-state index contributed by atoms with van der Waals surface area (Å²) in [6.45, 7) is 0. The summed E-state index contributed by atoms with van der Waals surface area (Å²) in [5, 5.41) is 0.687. The van der Waals surface area contributed by atoms with Gasteiger partial charge in [-0.1, -0.05) is 12.1 Å². The maximum absolute atomic E-state index is 12.6. The van der Waals surface area contributed by atoms with Crippen molar-refractivity contribution < 1.29 is 8.81 Å². The molecule has 0 unspecified atom stereocenters. The van der Waals surface area contributed by atoms with E-state index in [0.29, 0.717) is 17.4 Å². The Bertz CT molecular complexity index is 595. The SMILES string of the molecule is O=c1c2cc(Cc3ccc(F)cc3)oc12. The molecule has 74 valence electrons. The smallest absolute Gasteiger partial charge is 0.232 e. The van der Waals surface area contributed by atoms with Crippen LogP contribution in [0.4, 0.5) is 4.39 Å². The van der Waals surface area contributed by atoms with Gasteiger partial charge in [-0.3, -0.25) is 4.79 Å². The van der Waals surface area contributed by atoms with E-state index in [1.807, 2.05) is 0 Å². The van der Waals surface area contributed by atoms with Crippen molar-refractivity contribution in [2.24, 2.45) is 0 Å². The van der Waals surface area contributed by atoms with Gasteiger partial charge in [0.15, 0.2) is 5.58 Å². The highest BCUT2D eigenvalue weighted by atomic mass is 19.1. The summed E-state index contributed by atoms with van der Waals surface area (Å²) in [6.07, 6.45) is 0.598. The molecule has 0 amide bonds. The number of halogens is 1. The zero-order valence-corrected chi connectivity index (χ0v) is 7.79. The van der Waals surface area contributed by atoms with Gasteiger partial charge in [0.2, 0.25) is 5.43 Å². The zero-order valence-electron chi connectivity index (χ0n) is 7.79. The van der Waals surface area contributed by atoms with E-state index in [2.05, 4.69) is 0 Å². The molecular formula is C12H7FO2. The van der Waals surface area contributed by atoms with Gasteiger partial charge in [-0.25, -0.2) is 4.39 Å². The molecule has 0 aliphatic rings. The quantitative estimate of drug-likeness (QED) is 0.638. The van der Waals surface area contributed by atoms with Crippen molar-refractivity contribution in [3.8, 4) is 0 Å². The summed E-state index contributed by atoms with van der Waals surface area (Å²) in [4.78, 5) is 10.8. The fraction of sp³-hybridized carbons (Fsp3) is 0.0833. The fourth-order valence-electron chi connectivity index (χ4n) is 1.61. The van der Waals surface area contributed by atoms with Crippen LogP contribution >= 0.6 is 0 Å². The van der Waals surface area contributed by atoms with E-state index in [0.717, 1.165) is 11.3 Å². The van der Waals surface area contributed by atoms with Crippen LogP contribution in [0.15, 0.2) is 39.5 Å². The highest BCUT2D eigenvalue weighted by Crippen LogP contribution is 2.22. The minimum atomic E-state index is -0.248. The summed E-state index contributed by atoms with van der Waals surface area (Å²) in [5.74, 6) is 0.507. The van der Waals surface area contributed by atoms with E-state index >= 15 is 0 Å². The Hall–Kier alpha value is -1.90. The Morgan fingerprint density at radius 3 is 2.53 bits per heavy atom. The first kappa shape index (κ1) is 8.41. The average molecular weight is 202 g/mol. The summed E-state index contributed by atoms with van der Waals surface area (Å²) in [7, 11) is 0. The topological polar surface area (TPSA) is 30.2 Å². The average Bonchev–Trinajstić information content (AvgIpc) is 2.66. The van der Waals surface area contributed by atoms with Gasteiger partial charge in [0.05, 0.1) is 5.39 Å². The van der Waals surface area contributed by atoms with Crippen molar-refractivity contribution in [2.75, 3.05) is 0 Å². The van der Waals surface area contributed by atoms with Crippen LogP contribution in [-0.2, 0) is 6.42 Å². The number of hydrogen-bond acceptors (Lipinski definition) is 2. The predicted octanol–water partition coefficient (Wildman–Crippen LogP) is 2.40. The van der Waals surface area contributed by atoms with Crippen molar-refractivity contribution in [2.45, 2.75) is 6.42 Å². The zero-order chi connectivity index (χ0) is 10.4. The van der Waals surface area contributed by atoms with Crippen LogP contribution in [0.2, 0.25) is 0 Å². The molecule has 0 spiro atoms. The molecule has 0 radical (unpaired) electrons. The molecule has 1 heterocycles. The molecular weight excluding hydrogens is 195 g/mol. The van der Waals surface area contributed by atoms with Gasteiger partial charge in [-0.05, 0) is 23.8 Å². The summed E-state index contributed by atoms with van der Waals surface area (Å²) in [6, 6.07) is 8.00. The van der Waals surface area contributed by atoms with Crippen LogP contribution in [0.5, 0.6) is 0 Å². The third-order valence-electron chi connectivity index (χ3n) is 2.46. The molecule has 2 nitrogen and oxygen atoms in total. The largest absolute Gasteiger partial charge is 0.456 e. The van der Waals surface area contributed by atoms with E-state index in [4.69, 9.17) is 4.42 Å². The Morgan fingerprint density at radius 2 is 1.93 bits per heavy atom. The molecule has 3 heteroatoms. The van der Waals surface area contributed by atoms with Crippen LogP contribution in [0.1, 0.15) is 11.3 Å². The molecule has 0 aliphatic carbocycles. The lowest BCUT2D eigenvalue weighted by atomic mass is 10.1. The van der Waals surface area contributed by atoms with Crippen LogP contribution in [-0.4, -0.2) is 0 Å². The van der Waals surface area contributed by atoms with E-state index in [1.165, 1.54) is 12.1 Å². The van der Waals surface area contributed by atoms with E-state index in [9.17, 15) is 9.18 Å². The molecule has 0 bridgehead atoms. The normalized spacial score (nSPS) is 11.5. The molecule has 0 N–H and O–H groups in total. The van der Waals surface area contributed by atoms with Crippen molar-refractivity contribution in [1.82, 2.24) is 0 Å². The first-order valence-electron chi connectivity index (χ1n) is 4.66. The molecule has 2 aromatic carbocycles.